The van der Waals surface area contributed by atoms with Crippen molar-refractivity contribution in [2.45, 2.75) is 58.5 Å². The summed E-state index contributed by atoms with van der Waals surface area (Å²) in [5.74, 6) is -1.01. The van der Waals surface area contributed by atoms with Crippen LogP contribution in [0.5, 0.6) is 0 Å². The van der Waals surface area contributed by atoms with Gasteiger partial charge in [0.2, 0.25) is 11.8 Å². The summed E-state index contributed by atoms with van der Waals surface area (Å²) in [6.07, 6.45) is 1.07. The molecule has 2 amide bonds. The molecular formula is C29H31F3N6O3. The number of piperidine rings is 1. The lowest BCUT2D eigenvalue weighted by molar-refractivity contribution is -0.141. The number of nitrogens with zero attached hydrogens (tertiary/aromatic N) is 5. The number of imide groups is 1. The molecule has 4 aromatic rings. The number of hydrogen-bond acceptors (Lipinski definition) is 6. The first-order valence-electron chi connectivity index (χ1n) is 13.6. The number of likely N-dealkylation sites (tertiary alicyclic amines) is 1. The minimum atomic E-state index is -4.59. The number of amides is 2. The van der Waals surface area contributed by atoms with Crippen molar-refractivity contribution in [3.8, 4) is 11.3 Å². The molecule has 0 bridgehead atoms. The fourth-order valence-electron chi connectivity index (χ4n) is 5.98. The SMILES string of the molecule is CC1C(=O)N(Cc2cc3c(-c4cc(C(F)(F)F)cc5ccn(CC6(O)CCNCC6)c45)ncnn3c2)C(=O)C1(C)C. The van der Waals surface area contributed by atoms with Crippen LogP contribution in [0.4, 0.5) is 13.2 Å². The summed E-state index contributed by atoms with van der Waals surface area (Å²) < 4.78 is 45.3. The van der Waals surface area contributed by atoms with E-state index in [1.807, 2.05) is 0 Å². The lowest BCUT2D eigenvalue weighted by Gasteiger charge is -2.33. The van der Waals surface area contributed by atoms with E-state index in [2.05, 4.69) is 15.4 Å². The van der Waals surface area contributed by atoms with Crippen molar-refractivity contribution in [1.29, 1.82) is 0 Å². The van der Waals surface area contributed by atoms with Crippen molar-refractivity contribution in [3.63, 3.8) is 0 Å². The summed E-state index contributed by atoms with van der Waals surface area (Å²) in [7, 11) is 0. The zero-order chi connectivity index (χ0) is 29.3. The molecule has 6 rings (SSSR count). The number of halogens is 3. The second-order valence-electron chi connectivity index (χ2n) is 11.8. The number of nitrogens with one attached hydrogen (secondary N) is 1. The smallest absolute Gasteiger partial charge is 0.388 e. The Bertz CT molecular complexity index is 1680. The van der Waals surface area contributed by atoms with Crippen molar-refractivity contribution in [2.24, 2.45) is 11.3 Å². The van der Waals surface area contributed by atoms with Crippen LogP contribution in [0.3, 0.4) is 0 Å². The summed E-state index contributed by atoms with van der Waals surface area (Å²) in [6, 6.07) is 5.51. The molecule has 1 aromatic carbocycles. The number of rotatable bonds is 5. The monoisotopic (exact) mass is 568 g/mol. The molecule has 1 unspecified atom stereocenters. The van der Waals surface area contributed by atoms with Gasteiger partial charge in [0.1, 0.15) is 6.33 Å². The zero-order valence-electron chi connectivity index (χ0n) is 23.0. The summed E-state index contributed by atoms with van der Waals surface area (Å²) in [5.41, 5.74) is -0.566. The van der Waals surface area contributed by atoms with Gasteiger partial charge < -0.3 is 15.0 Å². The second-order valence-corrected chi connectivity index (χ2v) is 11.8. The number of carbonyl (C=O) groups is 2. The van der Waals surface area contributed by atoms with Crippen molar-refractivity contribution in [2.75, 3.05) is 13.1 Å². The second kappa shape index (κ2) is 9.38. The molecule has 2 N–H and O–H groups in total. The van der Waals surface area contributed by atoms with E-state index in [4.69, 9.17) is 0 Å². The highest BCUT2D eigenvalue weighted by Gasteiger charge is 2.51. The Hall–Kier alpha value is -3.77. The number of hydrogen-bond donors (Lipinski definition) is 2. The van der Waals surface area contributed by atoms with Gasteiger partial charge in [-0.3, -0.25) is 14.5 Å². The Balaban J connectivity index is 1.47. The van der Waals surface area contributed by atoms with E-state index < -0.39 is 28.7 Å². The lowest BCUT2D eigenvalue weighted by atomic mass is 9.82. The molecule has 0 aliphatic carbocycles. The Morgan fingerprint density at radius 2 is 1.88 bits per heavy atom. The van der Waals surface area contributed by atoms with Gasteiger partial charge in [0, 0.05) is 29.3 Å². The first-order valence-corrected chi connectivity index (χ1v) is 13.6. The molecule has 0 spiro atoms. The van der Waals surface area contributed by atoms with Crippen molar-refractivity contribution in [3.05, 3.63) is 54.1 Å². The van der Waals surface area contributed by atoms with Crippen LogP contribution < -0.4 is 5.32 Å². The Labute approximate surface area is 234 Å². The molecule has 1 atom stereocenters. The van der Waals surface area contributed by atoms with E-state index in [9.17, 15) is 27.9 Å². The third-order valence-corrected chi connectivity index (χ3v) is 8.76. The Morgan fingerprint density at radius 1 is 1.15 bits per heavy atom. The van der Waals surface area contributed by atoms with Crippen LogP contribution in [-0.4, -0.2) is 59.7 Å². The van der Waals surface area contributed by atoms with Crippen LogP contribution in [0.25, 0.3) is 27.7 Å². The van der Waals surface area contributed by atoms with Crippen LogP contribution in [0, 0.1) is 11.3 Å². The highest BCUT2D eigenvalue weighted by Crippen LogP contribution is 2.40. The maximum Gasteiger partial charge on any atom is 0.416 e. The minimum Gasteiger partial charge on any atom is -0.388 e. The summed E-state index contributed by atoms with van der Waals surface area (Å²) in [6.45, 7) is 6.75. The summed E-state index contributed by atoms with van der Waals surface area (Å²) in [5, 5.41) is 19.1. The number of aliphatic hydroxyl groups is 1. The lowest BCUT2D eigenvalue weighted by Crippen LogP contribution is -2.44. The van der Waals surface area contributed by atoms with Crippen molar-refractivity contribution < 1.29 is 27.9 Å². The fraction of sp³-hybridized carbons (Fsp3) is 0.448. The molecule has 41 heavy (non-hydrogen) atoms. The number of aromatic nitrogens is 4. The minimum absolute atomic E-state index is 0.0175. The Kier molecular flexibility index (Phi) is 6.27. The van der Waals surface area contributed by atoms with Gasteiger partial charge in [-0.15, -0.1) is 0 Å². The number of alkyl halides is 3. The highest BCUT2D eigenvalue weighted by molar-refractivity contribution is 6.06. The predicted molar refractivity (Wildman–Crippen MR) is 144 cm³/mol. The molecule has 9 nitrogen and oxygen atoms in total. The fourth-order valence-corrected chi connectivity index (χ4v) is 5.98. The average molecular weight is 569 g/mol. The van der Waals surface area contributed by atoms with Gasteiger partial charge in [0.05, 0.1) is 46.4 Å². The number of carbonyl (C=O) groups excluding carboxylic acids is 2. The van der Waals surface area contributed by atoms with Crippen LogP contribution in [0.15, 0.2) is 43.0 Å². The van der Waals surface area contributed by atoms with E-state index in [-0.39, 0.29) is 36.2 Å². The van der Waals surface area contributed by atoms with E-state index >= 15 is 0 Å². The first kappa shape index (κ1) is 27.4. The maximum absolute atomic E-state index is 14.0. The van der Waals surface area contributed by atoms with Crippen molar-refractivity contribution >= 4 is 28.2 Å². The van der Waals surface area contributed by atoms with Gasteiger partial charge in [-0.2, -0.15) is 18.3 Å². The zero-order valence-corrected chi connectivity index (χ0v) is 23.0. The summed E-state index contributed by atoms with van der Waals surface area (Å²) >= 11 is 0. The molecule has 2 fully saturated rings. The number of fused-ring (bicyclic) bond motifs is 2. The van der Waals surface area contributed by atoms with Crippen molar-refractivity contribution in [1.82, 2.24) is 29.4 Å². The molecule has 2 aliphatic rings. The van der Waals surface area contributed by atoms with E-state index in [1.165, 1.54) is 15.7 Å². The van der Waals surface area contributed by atoms with Gasteiger partial charge in [0.25, 0.3) is 0 Å². The number of benzene rings is 1. The molecule has 216 valence electrons. The topological polar surface area (TPSA) is 105 Å². The van der Waals surface area contributed by atoms with Gasteiger partial charge in [0.15, 0.2) is 0 Å². The maximum atomic E-state index is 14.0. The quantitative estimate of drug-likeness (QED) is 0.353. The molecule has 2 saturated heterocycles. The van der Waals surface area contributed by atoms with Crippen LogP contribution >= 0.6 is 0 Å². The van der Waals surface area contributed by atoms with Crippen LogP contribution in [-0.2, 0) is 28.9 Å². The van der Waals surface area contributed by atoms with Crippen LogP contribution in [0.1, 0.15) is 44.7 Å². The highest BCUT2D eigenvalue weighted by atomic mass is 19.4. The van der Waals surface area contributed by atoms with E-state index in [0.717, 1.165) is 12.1 Å². The molecule has 0 radical (unpaired) electrons. The van der Waals surface area contributed by atoms with E-state index in [1.54, 1.807) is 49.9 Å². The third-order valence-electron chi connectivity index (χ3n) is 8.76. The largest absolute Gasteiger partial charge is 0.416 e. The molecule has 3 aromatic heterocycles. The molecular weight excluding hydrogens is 537 g/mol. The van der Waals surface area contributed by atoms with Gasteiger partial charge >= 0.3 is 6.18 Å². The summed E-state index contributed by atoms with van der Waals surface area (Å²) in [4.78, 5) is 31.5. The normalized spacial score (nSPS) is 21.0. The molecule has 2 aliphatic heterocycles. The first-order chi connectivity index (χ1) is 19.3. The molecule has 12 heteroatoms. The van der Waals surface area contributed by atoms with Crippen LogP contribution in [0.2, 0.25) is 0 Å². The molecule has 5 heterocycles. The standard InChI is InChI=1S/C29H31F3N6O3/c1-17-25(39)37(26(40)27(17,2)3)13-18-10-22-23(34-16-35-38(22)14-18)21-12-20(29(30,31)32)11-19-4-9-36(24(19)21)15-28(41)5-7-33-8-6-28/h4,9-12,14,16-17,33,41H,5-8,13,15H2,1-3H3. The predicted octanol–water partition coefficient (Wildman–Crippen LogP) is 4.02. The van der Waals surface area contributed by atoms with Gasteiger partial charge in [-0.25, -0.2) is 9.50 Å². The van der Waals surface area contributed by atoms with E-state index in [0.29, 0.717) is 47.9 Å². The molecule has 0 saturated carbocycles. The third kappa shape index (κ3) is 4.58. The van der Waals surface area contributed by atoms with Gasteiger partial charge in [-0.1, -0.05) is 20.8 Å². The Morgan fingerprint density at radius 3 is 2.54 bits per heavy atom. The average Bonchev–Trinajstić information content (AvgIpc) is 3.56. The van der Waals surface area contributed by atoms with Gasteiger partial charge in [-0.05, 0) is 55.8 Å².